The number of piperidine rings is 1. The van der Waals surface area contributed by atoms with Crippen molar-refractivity contribution in [2.24, 2.45) is 11.7 Å². The molecule has 0 aliphatic carbocycles. The maximum atomic E-state index is 12.8. The number of alkyl halides is 3. The molecule has 1 saturated heterocycles. The Morgan fingerprint density at radius 3 is 2.46 bits per heavy atom. The molecule has 1 aromatic heterocycles. The summed E-state index contributed by atoms with van der Waals surface area (Å²) in [6.45, 7) is 3.99. The lowest BCUT2D eigenvalue weighted by molar-refractivity contribution is -0.141. The van der Waals surface area contributed by atoms with Crippen molar-refractivity contribution >= 4 is 11.8 Å². The van der Waals surface area contributed by atoms with Crippen LogP contribution in [0.15, 0.2) is 6.07 Å². The summed E-state index contributed by atoms with van der Waals surface area (Å²) in [4.78, 5) is 25.8. The first kappa shape index (κ1) is 18.4. The second-order valence-electron chi connectivity index (χ2n) is 6.47. The highest BCUT2D eigenvalue weighted by atomic mass is 19.4. The van der Waals surface area contributed by atoms with Gasteiger partial charge in [-0.25, -0.2) is 0 Å². The van der Waals surface area contributed by atoms with Crippen LogP contribution in [0.1, 0.15) is 41.5 Å². The summed E-state index contributed by atoms with van der Waals surface area (Å²) in [6, 6.07) is 1.39. The van der Waals surface area contributed by atoms with Gasteiger partial charge in [-0.2, -0.15) is 13.2 Å². The summed E-state index contributed by atoms with van der Waals surface area (Å²) < 4.78 is 39.2. The lowest BCUT2D eigenvalue weighted by Crippen LogP contribution is -2.48. The summed E-state index contributed by atoms with van der Waals surface area (Å²) in [6.07, 6.45) is -3.10. The topological polar surface area (TPSA) is 68.3 Å². The van der Waals surface area contributed by atoms with E-state index in [0.29, 0.717) is 18.5 Å². The van der Waals surface area contributed by atoms with Crippen molar-refractivity contribution in [1.29, 1.82) is 0 Å². The third-order valence-electron chi connectivity index (χ3n) is 4.69. The monoisotopic (exact) mass is 345 g/mol. The maximum Gasteiger partial charge on any atom is 0.406 e. The van der Waals surface area contributed by atoms with Crippen molar-refractivity contribution in [3.05, 3.63) is 23.0 Å². The van der Waals surface area contributed by atoms with Crippen molar-refractivity contribution < 1.29 is 22.8 Å². The Morgan fingerprint density at radius 2 is 1.92 bits per heavy atom. The van der Waals surface area contributed by atoms with Gasteiger partial charge in [-0.3, -0.25) is 9.59 Å². The molecule has 8 heteroatoms. The van der Waals surface area contributed by atoms with Gasteiger partial charge in [0.2, 0.25) is 5.91 Å². The standard InChI is InChI=1S/C16H22F3N3O2/c1-9-4-5-12(14(20)23)7-21(9)15(24)13-6-10(2)22(11(13)3)8-16(17,18)19/h6,9,12H,4-5,7-8H2,1-3H3,(H2,20,23)/t9-,12+/m0/s1. The number of aryl methyl sites for hydroxylation is 1. The Hall–Kier alpha value is -1.99. The SMILES string of the molecule is Cc1cc(C(=O)N2C[C@H](C(N)=O)CC[C@@H]2C)c(C)n1CC(F)(F)F. The zero-order valence-corrected chi connectivity index (χ0v) is 14.0. The molecule has 0 unspecified atom stereocenters. The van der Waals surface area contributed by atoms with Crippen LogP contribution in [0, 0.1) is 19.8 Å². The minimum atomic E-state index is -4.36. The average molecular weight is 345 g/mol. The molecule has 24 heavy (non-hydrogen) atoms. The molecule has 0 bridgehead atoms. The molecular weight excluding hydrogens is 323 g/mol. The molecule has 134 valence electrons. The second-order valence-corrected chi connectivity index (χ2v) is 6.47. The van der Waals surface area contributed by atoms with Gasteiger partial charge in [0, 0.05) is 24.0 Å². The average Bonchev–Trinajstić information content (AvgIpc) is 2.73. The molecule has 2 N–H and O–H groups in total. The predicted octanol–water partition coefficient (Wildman–Crippen LogP) is 2.39. The first-order valence-corrected chi connectivity index (χ1v) is 7.85. The number of likely N-dealkylation sites (tertiary alicyclic amines) is 1. The second kappa shape index (κ2) is 6.49. The summed E-state index contributed by atoms with van der Waals surface area (Å²) >= 11 is 0. The largest absolute Gasteiger partial charge is 0.406 e. The molecule has 5 nitrogen and oxygen atoms in total. The normalized spacial score (nSPS) is 21.8. The quantitative estimate of drug-likeness (QED) is 0.914. The number of aromatic nitrogens is 1. The van der Waals surface area contributed by atoms with Crippen LogP contribution >= 0.6 is 0 Å². The van der Waals surface area contributed by atoms with Crippen LogP contribution in [0.3, 0.4) is 0 Å². The van der Waals surface area contributed by atoms with Crippen molar-refractivity contribution in [2.75, 3.05) is 6.54 Å². The fraction of sp³-hybridized carbons (Fsp3) is 0.625. The number of hydrogen-bond acceptors (Lipinski definition) is 2. The molecule has 0 saturated carbocycles. The summed E-state index contributed by atoms with van der Waals surface area (Å²) in [5.74, 6) is -1.22. The van der Waals surface area contributed by atoms with Gasteiger partial charge in [0.15, 0.2) is 0 Å². The van der Waals surface area contributed by atoms with Crippen LogP contribution in [0.4, 0.5) is 13.2 Å². The van der Waals surface area contributed by atoms with E-state index in [-0.39, 0.29) is 29.8 Å². The van der Waals surface area contributed by atoms with E-state index < -0.39 is 24.5 Å². The summed E-state index contributed by atoms with van der Waals surface area (Å²) in [7, 11) is 0. The Morgan fingerprint density at radius 1 is 1.29 bits per heavy atom. The van der Waals surface area contributed by atoms with E-state index in [1.807, 2.05) is 6.92 Å². The van der Waals surface area contributed by atoms with E-state index in [9.17, 15) is 22.8 Å². The van der Waals surface area contributed by atoms with Crippen LogP contribution < -0.4 is 5.73 Å². The number of halogens is 3. The Labute approximate surface area is 138 Å². The van der Waals surface area contributed by atoms with E-state index in [1.165, 1.54) is 13.0 Å². The van der Waals surface area contributed by atoms with Gasteiger partial charge < -0.3 is 15.2 Å². The number of carbonyl (C=O) groups excluding carboxylic acids is 2. The van der Waals surface area contributed by atoms with Crippen LogP contribution in [-0.2, 0) is 11.3 Å². The van der Waals surface area contributed by atoms with Gasteiger partial charge in [0.1, 0.15) is 6.54 Å². The number of nitrogens with two attached hydrogens (primary N) is 1. The van der Waals surface area contributed by atoms with E-state index in [0.717, 1.165) is 4.57 Å². The fourth-order valence-electron chi connectivity index (χ4n) is 3.22. The molecule has 0 radical (unpaired) electrons. The van der Waals surface area contributed by atoms with Gasteiger partial charge >= 0.3 is 6.18 Å². The van der Waals surface area contributed by atoms with Crippen LogP contribution in [0.2, 0.25) is 0 Å². The zero-order chi connectivity index (χ0) is 18.2. The first-order chi connectivity index (χ1) is 11.0. The highest BCUT2D eigenvalue weighted by molar-refractivity contribution is 5.96. The summed E-state index contributed by atoms with van der Waals surface area (Å²) in [5.41, 5.74) is 6.24. The molecule has 1 aliphatic rings. The Bertz CT molecular complexity index is 652. The fourth-order valence-corrected chi connectivity index (χ4v) is 3.22. The Kier molecular flexibility index (Phi) is 4.96. The number of carbonyl (C=O) groups is 2. The molecule has 2 amide bonds. The smallest absolute Gasteiger partial charge is 0.369 e. The third kappa shape index (κ3) is 3.73. The van der Waals surface area contributed by atoms with Gasteiger partial charge in [0.25, 0.3) is 5.91 Å². The number of nitrogens with zero attached hydrogens (tertiary/aromatic N) is 2. The summed E-state index contributed by atoms with van der Waals surface area (Å²) in [5, 5.41) is 0. The van der Waals surface area contributed by atoms with E-state index in [4.69, 9.17) is 5.73 Å². The molecule has 0 aromatic carbocycles. The van der Waals surface area contributed by atoms with Crippen LogP contribution in [0.5, 0.6) is 0 Å². The Balaban J connectivity index is 2.29. The van der Waals surface area contributed by atoms with Crippen LogP contribution in [-0.4, -0.2) is 40.0 Å². The first-order valence-electron chi connectivity index (χ1n) is 7.85. The molecule has 2 atom stereocenters. The molecular formula is C16H22F3N3O2. The van der Waals surface area contributed by atoms with Crippen molar-refractivity contribution in [2.45, 2.75) is 52.4 Å². The molecule has 1 aliphatic heterocycles. The number of primary amides is 1. The number of hydrogen-bond donors (Lipinski definition) is 1. The van der Waals surface area contributed by atoms with Gasteiger partial charge in [-0.05, 0) is 39.7 Å². The molecule has 0 spiro atoms. The lowest BCUT2D eigenvalue weighted by Gasteiger charge is -2.37. The number of amides is 2. The maximum absolute atomic E-state index is 12.8. The highest BCUT2D eigenvalue weighted by Crippen LogP contribution is 2.27. The molecule has 2 heterocycles. The molecule has 1 fully saturated rings. The highest BCUT2D eigenvalue weighted by Gasteiger charge is 2.35. The van der Waals surface area contributed by atoms with Crippen LogP contribution in [0.25, 0.3) is 0 Å². The lowest BCUT2D eigenvalue weighted by atomic mass is 9.92. The minimum absolute atomic E-state index is 0.0845. The predicted molar refractivity (Wildman–Crippen MR) is 82.4 cm³/mol. The minimum Gasteiger partial charge on any atom is -0.369 e. The zero-order valence-electron chi connectivity index (χ0n) is 14.0. The molecule has 2 rings (SSSR count). The van der Waals surface area contributed by atoms with Gasteiger partial charge in [0.05, 0.1) is 11.5 Å². The van der Waals surface area contributed by atoms with E-state index >= 15 is 0 Å². The van der Waals surface area contributed by atoms with E-state index in [1.54, 1.807) is 11.8 Å². The van der Waals surface area contributed by atoms with E-state index in [2.05, 4.69) is 0 Å². The third-order valence-corrected chi connectivity index (χ3v) is 4.69. The molecule has 1 aromatic rings. The van der Waals surface area contributed by atoms with Gasteiger partial charge in [-0.15, -0.1) is 0 Å². The number of rotatable bonds is 3. The van der Waals surface area contributed by atoms with Crippen molar-refractivity contribution in [1.82, 2.24) is 9.47 Å². The van der Waals surface area contributed by atoms with Gasteiger partial charge in [-0.1, -0.05) is 0 Å². The van der Waals surface area contributed by atoms with Crippen molar-refractivity contribution in [3.8, 4) is 0 Å². The van der Waals surface area contributed by atoms with Crippen molar-refractivity contribution in [3.63, 3.8) is 0 Å².